The zero-order valence-corrected chi connectivity index (χ0v) is 6.69. The Morgan fingerprint density at radius 3 is 2.64 bits per heavy atom. The Morgan fingerprint density at radius 2 is 2.36 bits per heavy atom. The minimum Gasteiger partial charge on any atom is -0.275 e. The second-order valence-corrected chi connectivity index (χ2v) is 2.95. The third-order valence-electron chi connectivity index (χ3n) is 0.990. The molecular formula is C5H2ClNO3S. The Kier molecular flexibility index (Phi) is 2.21. The first-order chi connectivity index (χ1) is 5.11. The molecule has 0 unspecified atom stereocenters. The van der Waals surface area contributed by atoms with Gasteiger partial charge in [-0.1, -0.05) is 0 Å². The topological polar surface area (TPSA) is 60.2 Å². The van der Waals surface area contributed by atoms with Crippen molar-refractivity contribution in [2.24, 2.45) is 0 Å². The Balaban J connectivity index is 2.99. The lowest BCUT2D eigenvalue weighted by Crippen LogP contribution is -1.84. The van der Waals surface area contributed by atoms with E-state index >= 15 is 0 Å². The largest absolute Gasteiger partial charge is 0.280 e. The van der Waals surface area contributed by atoms with Gasteiger partial charge in [0.25, 0.3) is 10.9 Å². The molecule has 0 aliphatic heterocycles. The summed E-state index contributed by atoms with van der Waals surface area (Å²) in [5.41, 5.74) is -0.0981. The van der Waals surface area contributed by atoms with Gasteiger partial charge >= 0.3 is 0 Å². The van der Waals surface area contributed by atoms with Crippen LogP contribution >= 0.6 is 22.9 Å². The van der Waals surface area contributed by atoms with E-state index in [0.717, 1.165) is 17.4 Å². The predicted octanol–water partition coefficient (Wildman–Crippen LogP) is 2.04. The van der Waals surface area contributed by atoms with E-state index in [9.17, 15) is 14.9 Å². The molecule has 0 saturated heterocycles. The van der Waals surface area contributed by atoms with Crippen LogP contribution in [0.15, 0.2) is 11.4 Å². The van der Waals surface area contributed by atoms with Crippen molar-refractivity contribution in [2.45, 2.75) is 0 Å². The summed E-state index contributed by atoms with van der Waals surface area (Å²) in [6.45, 7) is 0. The van der Waals surface area contributed by atoms with Gasteiger partial charge in [-0.05, 0) is 11.6 Å². The maximum absolute atomic E-state index is 10.4. The first kappa shape index (κ1) is 8.16. The van der Waals surface area contributed by atoms with E-state index in [1.165, 1.54) is 5.38 Å². The minimum absolute atomic E-state index is 0.0981. The van der Waals surface area contributed by atoms with E-state index < -0.39 is 10.2 Å². The molecule has 0 atom stereocenters. The van der Waals surface area contributed by atoms with Crippen LogP contribution in [0.3, 0.4) is 0 Å². The number of carbonyl (C=O) groups excluding carboxylic acids is 1. The smallest absolute Gasteiger partial charge is 0.275 e. The van der Waals surface area contributed by atoms with Crippen molar-refractivity contribution >= 4 is 33.9 Å². The fraction of sp³-hybridized carbons (Fsp3) is 0. The maximum atomic E-state index is 10.4. The van der Waals surface area contributed by atoms with Crippen LogP contribution in [0.25, 0.3) is 0 Å². The predicted molar refractivity (Wildman–Crippen MR) is 41.2 cm³/mol. The third-order valence-corrected chi connectivity index (χ3v) is 2.22. The van der Waals surface area contributed by atoms with Gasteiger partial charge in [0.15, 0.2) is 0 Å². The molecule has 4 nitrogen and oxygen atoms in total. The summed E-state index contributed by atoms with van der Waals surface area (Å²) in [6, 6.07) is 1.15. The number of nitro groups is 1. The molecule has 0 saturated carbocycles. The number of thiophene rings is 1. The number of rotatable bonds is 2. The number of carbonyl (C=O) groups is 1. The van der Waals surface area contributed by atoms with Gasteiger partial charge < -0.3 is 0 Å². The van der Waals surface area contributed by atoms with Crippen molar-refractivity contribution in [3.05, 3.63) is 26.4 Å². The highest BCUT2D eigenvalue weighted by molar-refractivity contribution is 7.14. The van der Waals surface area contributed by atoms with Gasteiger partial charge in [0.1, 0.15) is 0 Å². The number of hydrogen-bond donors (Lipinski definition) is 0. The average molecular weight is 192 g/mol. The molecule has 1 aromatic heterocycles. The van der Waals surface area contributed by atoms with Gasteiger partial charge in [0, 0.05) is 6.07 Å². The van der Waals surface area contributed by atoms with Crippen LogP contribution in [-0.2, 0) is 0 Å². The Morgan fingerprint density at radius 1 is 1.73 bits per heavy atom. The van der Waals surface area contributed by atoms with Gasteiger partial charge in [-0.25, -0.2) is 0 Å². The summed E-state index contributed by atoms with van der Waals surface area (Å²) in [5.74, 6) is 0. The van der Waals surface area contributed by atoms with Crippen LogP contribution in [0, 0.1) is 10.1 Å². The molecule has 11 heavy (non-hydrogen) atoms. The number of halogens is 1. The Bertz CT molecular complexity index is 280. The fourth-order valence-corrected chi connectivity index (χ4v) is 1.40. The second kappa shape index (κ2) is 2.98. The van der Waals surface area contributed by atoms with Gasteiger partial charge in [-0.2, -0.15) is 0 Å². The lowest BCUT2D eigenvalue weighted by Gasteiger charge is -1.79. The van der Waals surface area contributed by atoms with Gasteiger partial charge in [0.05, 0.1) is 15.2 Å². The SMILES string of the molecule is O=C(Cl)c1cc([N+](=O)[O-])cs1. The van der Waals surface area contributed by atoms with Crippen LogP contribution < -0.4 is 0 Å². The maximum Gasteiger partial charge on any atom is 0.280 e. The monoisotopic (exact) mass is 191 g/mol. The molecule has 0 aliphatic rings. The zero-order chi connectivity index (χ0) is 8.43. The van der Waals surface area contributed by atoms with Crippen LogP contribution in [0.1, 0.15) is 9.67 Å². The summed E-state index contributed by atoms with van der Waals surface area (Å²) in [6.07, 6.45) is 0. The summed E-state index contributed by atoms with van der Waals surface area (Å²) in [5, 5.41) is 10.7. The third kappa shape index (κ3) is 1.75. The van der Waals surface area contributed by atoms with Gasteiger partial charge in [-0.15, -0.1) is 11.3 Å². The van der Waals surface area contributed by atoms with Crippen LogP contribution in [-0.4, -0.2) is 10.2 Å². The highest BCUT2D eigenvalue weighted by Gasteiger charge is 2.12. The van der Waals surface area contributed by atoms with Crippen molar-refractivity contribution in [1.29, 1.82) is 0 Å². The normalized spacial score (nSPS) is 9.55. The van der Waals surface area contributed by atoms with E-state index in [1.54, 1.807) is 0 Å². The van der Waals surface area contributed by atoms with Crippen molar-refractivity contribution in [3.8, 4) is 0 Å². The van der Waals surface area contributed by atoms with Crippen molar-refractivity contribution in [2.75, 3.05) is 0 Å². The average Bonchev–Trinajstić information content (AvgIpc) is 2.33. The highest BCUT2D eigenvalue weighted by atomic mass is 35.5. The van der Waals surface area contributed by atoms with E-state index in [1.807, 2.05) is 0 Å². The summed E-state index contributed by atoms with van der Waals surface area (Å²) in [4.78, 5) is 20.2. The van der Waals surface area contributed by atoms with Crippen molar-refractivity contribution in [1.82, 2.24) is 0 Å². The summed E-state index contributed by atoms with van der Waals surface area (Å²) in [7, 11) is 0. The fourth-order valence-electron chi connectivity index (χ4n) is 0.525. The van der Waals surface area contributed by atoms with Crippen molar-refractivity contribution in [3.63, 3.8) is 0 Å². The lowest BCUT2D eigenvalue weighted by molar-refractivity contribution is -0.384. The molecule has 1 rings (SSSR count). The standard InChI is InChI=1S/C5H2ClNO3S/c6-5(8)4-1-3(2-11-4)7(9)10/h1-2H. The second-order valence-electron chi connectivity index (χ2n) is 1.70. The molecule has 0 amide bonds. The van der Waals surface area contributed by atoms with Crippen molar-refractivity contribution < 1.29 is 9.72 Å². The molecule has 0 aliphatic carbocycles. The molecule has 0 spiro atoms. The van der Waals surface area contributed by atoms with E-state index in [-0.39, 0.29) is 10.6 Å². The molecule has 58 valence electrons. The molecule has 6 heteroatoms. The number of nitrogens with zero attached hydrogens (tertiary/aromatic N) is 1. The first-order valence-electron chi connectivity index (χ1n) is 2.54. The number of hydrogen-bond acceptors (Lipinski definition) is 4. The molecule has 0 bridgehead atoms. The Hall–Kier alpha value is -0.940. The quantitative estimate of drug-likeness (QED) is 0.408. The molecular weight excluding hydrogens is 190 g/mol. The van der Waals surface area contributed by atoms with Gasteiger partial charge in [0.2, 0.25) is 0 Å². The zero-order valence-electron chi connectivity index (χ0n) is 5.11. The molecule has 1 heterocycles. The van der Waals surface area contributed by atoms with E-state index in [0.29, 0.717) is 0 Å². The molecule has 0 fully saturated rings. The first-order valence-corrected chi connectivity index (χ1v) is 3.80. The van der Waals surface area contributed by atoms with Crippen LogP contribution in [0.5, 0.6) is 0 Å². The molecule has 0 N–H and O–H groups in total. The van der Waals surface area contributed by atoms with Crippen LogP contribution in [0.2, 0.25) is 0 Å². The van der Waals surface area contributed by atoms with E-state index in [2.05, 4.69) is 0 Å². The molecule has 0 aromatic carbocycles. The van der Waals surface area contributed by atoms with Gasteiger partial charge in [-0.3, -0.25) is 14.9 Å². The highest BCUT2D eigenvalue weighted by Crippen LogP contribution is 2.22. The minimum atomic E-state index is -0.664. The molecule has 1 aromatic rings. The summed E-state index contributed by atoms with van der Waals surface area (Å²) < 4.78 is 0. The molecule has 0 radical (unpaired) electrons. The lowest BCUT2D eigenvalue weighted by atomic mass is 10.4. The van der Waals surface area contributed by atoms with Crippen LogP contribution in [0.4, 0.5) is 5.69 Å². The Labute approximate surface area is 70.6 Å². The summed E-state index contributed by atoms with van der Waals surface area (Å²) >= 11 is 6.03. The van der Waals surface area contributed by atoms with E-state index in [4.69, 9.17) is 11.6 Å².